The Bertz CT molecular complexity index is 476. The van der Waals surface area contributed by atoms with Crippen molar-refractivity contribution in [2.45, 2.75) is 25.8 Å². The molecule has 2 atom stereocenters. The summed E-state index contributed by atoms with van der Waals surface area (Å²) in [5.41, 5.74) is 0. The summed E-state index contributed by atoms with van der Waals surface area (Å²) in [6.45, 7) is 3.37. The molecule has 2 aromatic heterocycles. The van der Waals surface area contributed by atoms with Crippen LogP contribution in [0.2, 0.25) is 0 Å². The van der Waals surface area contributed by atoms with Crippen molar-refractivity contribution >= 4 is 11.3 Å². The Morgan fingerprint density at radius 1 is 1.47 bits per heavy atom. The lowest BCUT2D eigenvalue weighted by Gasteiger charge is -2.26. The van der Waals surface area contributed by atoms with Gasteiger partial charge in [-0.1, -0.05) is 13.0 Å². The molecule has 0 bridgehead atoms. The molecule has 2 unspecified atom stereocenters. The molecule has 3 heterocycles. The molecule has 90 valence electrons. The third-order valence-electron chi connectivity index (χ3n) is 3.24. The maximum Gasteiger partial charge on any atom is 0.191 e. The highest BCUT2D eigenvalue weighted by molar-refractivity contribution is 7.13. The van der Waals surface area contributed by atoms with Crippen LogP contribution in [0.5, 0.6) is 0 Å². The monoisotopic (exact) mass is 248 g/mol. The maximum atomic E-state index is 4.59. The average Bonchev–Trinajstić information content (AvgIpc) is 3.00. The Labute approximate surface area is 104 Å². The van der Waals surface area contributed by atoms with Gasteiger partial charge in [0.15, 0.2) is 5.82 Å². The molecular formula is C12H16N4S. The molecule has 3 rings (SSSR count). The van der Waals surface area contributed by atoms with Gasteiger partial charge in [-0.15, -0.1) is 11.3 Å². The second kappa shape index (κ2) is 4.58. The first-order chi connectivity index (χ1) is 8.33. The summed E-state index contributed by atoms with van der Waals surface area (Å²) in [5, 5.41) is 12.9. The van der Waals surface area contributed by atoms with E-state index in [2.05, 4.69) is 33.5 Å². The quantitative estimate of drug-likeness (QED) is 0.859. The molecule has 2 aromatic rings. The molecule has 0 aromatic carbocycles. The highest BCUT2D eigenvalue weighted by Gasteiger charge is 2.22. The third-order valence-corrected chi connectivity index (χ3v) is 4.11. The van der Waals surface area contributed by atoms with Crippen LogP contribution < -0.4 is 5.32 Å². The van der Waals surface area contributed by atoms with Crippen LogP contribution in [0.15, 0.2) is 17.5 Å². The van der Waals surface area contributed by atoms with E-state index in [9.17, 15) is 0 Å². The van der Waals surface area contributed by atoms with Gasteiger partial charge in [0.25, 0.3) is 0 Å². The minimum Gasteiger partial charge on any atom is -0.307 e. The molecule has 0 spiro atoms. The maximum absolute atomic E-state index is 4.59. The fraction of sp³-hybridized carbons (Fsp3) is 0.500. The minimum atomic E-state index is 0.333. The molecule has 1 aliphatic heterocycles. The van der Waals surface area contributed by atoms with Crippen molar-refractivity contribution in [1.29, 1.82) is 0 Å². The van der Waals surface area contributed by atoms with Gasteiger partial charge in [-0.3, -0.25) is 5.10 Å². The summed E-state index contributed by atoms with van der Waals surface area (Å²) in [6, 6.07) is 4.41. The molecular weight excluding hydrogens is 232 g/mol. The summed E-state index contributed by atoms with van der Waals surface area (Å²) in [5.74, 6) is 2.55. The van der Waals surface area contributed by atoms with Gasteiger partial charge in [0.2, 0.25) is 0 Å². The Hall–Kier alpha value is -1.20. The van der Waals surface area contributed by atoms with Gasteiger partial charge >= 0.3 is 0 Å². The molecule has 0 aliphatic carbocycles. The molecule has 1 fully saturated rings. The number of hydrogen-bond donors (Lipinski definition) is 2. The molecule has 2 N–H and O–H groups in total. The van der Waals surface area contributed by atoms with Crippen molar-refractivity contribution in [2.24, 2.45) is 5.92 Å². The van der Waals surface area contributed by atoms with Crippen LogP contribution in [-0.4, -0.2) is 21.7 Å². The number of aromatic amines is 1. The molecule has 0 saturated carbocycles. The van der Waals surface area contributed by atoms with E-state index in [1.54, 1.807) is 11.3 Å². The predicted molar refractivity (Wildman–Crippen MR) is 68.8 cm³/mol. The summed E-state index contributed by atoms with van der Waals surface area (Å²) in [4.78, 5) is 5.71. The van der Waals surface area contributed by atoms with Crippen LogP contribution in [0.1, 0.15) is 31.6 Å². The summed E-state index contributed by atoms with van der Waals surface area (Å²) in [7, 11) is 0. The van der Waals surface area contributed by atoms with Gasteiger partial charge in [-0.25, -0.2) is 4.98 Å². The molecule has 0 radical (unpaired) electrons. The Morgan fingerprint density at radius 2 is 2.41 bits per heavy atom. The van der Waals surface area contributed by atoms with Gasteiger partial charge in [0, 0.05) is 0 Å². The smallest absolute Gasteiger partial charge is 0.191 e. The van der Waals surface area contributed by atoms with E-state index in [1.165, 1.54) is 6.42 Å². The van der Waals surface area contributed by atoms with Gasteiger partial charge in [-0.2, -0.15) is 5.10 Å². The van der Waals surface area contributed by atoms with Crippen molar-refractivity contribution in [3.05, 3.63) is 23.3 Å². The van der Waals surface area contributed by atoms with E-state index >= 15 is 0 Å². The van der Waals surface area contributed by atoms with Crippen LogP contribution in [0.3, 0.4) is 0 Å². The number of nitrogens with zero attached hydrogens (tertiary/aromatic N) is 2. The van der Waals surface area contributed by atoms with Crippen molar-refractivity contribution in [2.75, 3.05) is 6.54 Å². The van der Waals surface area contributed by atoms with Gasteiger partial charge in [0.1, 0.15) is 5.82 Å². The highest BCUT2D eigenvalue weighted by atomic mass is 32.1. The van der Waals surface area contributed by atoms with Gasteiger partial charge in [0.05, 0.1) is 10.9 Å². The normalized spacial score (nSPS) is 25.0. The molecule has 1 aliphatic rings. The zero-order valence-corrected chi connectivity index (χ0v) is 10.6. The fourth-order valence-electron chi connectivity index (χ4n) is 2.26. The van der Waals surface area contributed by atoms with Crippen LogP contribution in [-0.2, 0) is 0 Å². The van der Waals surface area contributed by atoms with Crippen molar-refractivity contribution in [1.82, 2.24) is 20.5 Å². The Kier molecular flexibility index (Phi) is 2.94. The molecule has 17 heavy (non-hydrogen) atoms. The predicted octanol–water partition coefficient (Wildman–Crippen LogP) is 2.59. The molecule has 1 saturated heterocycles. The second-order valence-electron chi connectivity index (χ2n) is 4.66. The summed E-state index contributed by atoms with van der Waals surface area (Å²) >= 11 is 1.67. The number of aromatic nitrogens is 3. The first-order valence-electron chi connectivity index (χ1n) is 6.02. The second-order valence-corrected chi connectivity index (χ2v) is 5.61. The molecule has 5 heteroatoms. The van der Waals surface area contributed by atoms with E-state index in [0.717, 1.165) is 35.4 Å². The van der Waals surface area contributed by atoms with Gasteiger partial charge in [-0.05, 0) is 36.8 Å². The number of H-pyrrole nitrogens is 1. The number of rotatable bonds is 2. The van der Waals surface area contributed by atoms with Crippen molar-refractivity contribution in [3.8, 4) is 10.7 Å². The SMILES string of the molecule is CC1CCNC(c2nc(-c3cccs3)n[nH]2)C1. The fourth-order valence-corrected chi connectivity index (χ4v) is 2.92. The van der Waals surface area contributed by atoms with E-state index in [1.807, 2.05) is 11.4 Å². The summed E-state index contributed by atoms with van der Waals surface area (Å²) < 4.78 is 0. The Balaban J connectivity index is 1.80. The van der Waals surface area contributed by atoms with Crippen LogP contribution in [0.25, 0.3) is 10.7 Å². The lowest BCUT2D eigenvalue weighted by atomic mass is 9.94. The standard InChI is InChI=1S/C12H16N4S/c1-8-4-5-13-9(7-8)11-14-12(16-15-11)10-3-2-6-17-10/h2-3,6,8-9,13H,4-5,7H2,1H3,(H,14,15,16). The number of hydrogen-bond acceptors (Lipinski definition) is 4. The molecule has 0 amide bonds. The van der Waals surface area contributed by atoms with Crippen molar-refractivity contribution in [3.63, 3.8) is 0 Å². The third kappa shape index (κ3) is 2.25. The van der Waals surface area contributed by atoms with E-state index in [-0.39, 0.29) is 0 Å². The lowest BCUT2D eigenvalue weighted by molar-refractivity contribution is 0.316. The highest BCUT2D eigenvalue weighted by Crippen LogP contribution is 2.27. The zero-order valence-electron chi connectivity index (χ0n) is 9.81. The topological polar surface area (TPSA) is 53.6 Å². The number of thiophene rings is 1. The van der Waals surface area contributed by atoms with Crippen LogP contribution >= 0.6 is 11.3 Å². The number of nitrogens with one attached hydrogen (secondary N) is 2. The number of piperidine rings is 1. The van der Waals surface area contributed by atoms with Gasteiger partial charge < -0.3 is 5.32 Å². The van der Waals surface area contributed by atoms with Crippen LogP contribution in [0, 0.1) is 5.92 Å². The van der Waals surface area contributed by atoms with Crippen molar-refractivity contribution < 1.29 is 0 Å². The van der Waals surface area contributed by atoms with E-state index in [4.69, 9.17) is 0 Å². The first kappa shape index (κ1) is 10.9. The van der Waals surface area contributed by atoms with E-state index < -0.39 is 0 Å². The van der Waals surface area contributed by atoms with E-state index in [0.29, 0.717) is 6.04 Å². The molecule has 4 nitrogen and oxygen atoms in total. The summed E-state index contributed by atoms with van der Waals surface area (Å²) in [6.07, 6.45) is 2.39. The Morgan fingerprint density at radius 3 is 3.18 bits per heavy atom. The lowest BCUT2D eigenvalue weighted by Crippen LogP contribution is -2.31. The zero-order chi connectivity index (χ0) is 11.7. The average molecular weight is 248 g/mol. The largest absolute Gasteiger partial charge is 0.307 e. The van der Waals surface area contributed by atoms with Crippen LogP contribution in [0.4, 0.5) is 0 Å². The minimum absolute atomic E-state index is 0.333. The first-order valence-corrected chi connectivity index (χ1v) is 6.90.